The average molecular weight is 241 g/mol. The maximum atomic E-state index is 9.64. The van der Waals surface area contributed by atoms with Gasteiger partial charge in [-0.25, -0.2) is 0 Å². The molecule has 0 radical (unpaired) electrons. The number of methoxy groups -OCH3 is 1. The number of fused-ring (bicyclic) bond motifs is 1. The molecule has 0 aliphatic carbocycles. The second-order valence-corrected chi connectivity index (χ2v) is 3.92. The summed E-state index contributed by atoms with van der Waals surface area (Å²) in [6.45, 7) is 0.159. The number of aromatic nitrogens is 1. The van der Waals surface area contributed by atoms with E-state index < -0.39 is 6.10 Å². The molecule has 0 saturated heterocycles. The van der Waals surface area contributed by atoms with Crippen LogP contribution in [0.5, 0.6) is 5.75 Å². The standard InChI is InChI=1S/C11H13ClN2O2/c1-16-10-3-2-7(12)6-4-8(9(15)5-13)14-11(6)10/h2-4,9,14-15H,5,13H2,1H3. The van der Waals surface area contributed by atoms with Crippen molar-refractivity contribution in [2.45, 2.75) is 6.10 Å². The molecule has 1 aromatic carbocycles. The van der Waals surface area contributed by atoms with Crippen LogP contribution in [0.1, 0.15) is 11.8 Å². The molecule has 0 fully saturated rings. The predicted molar refractivity (Wildman–Crippen MR) is 63.9 cm³/mol. The molecule has 5 heteroatoms. The number of benzene rings is 1. The van der Waals surface area contributed by atoms with E-state index in [9.17, 15) is 5.11 Å². The van der Waals surface area contributed by atoms with Crippen LogP contribution in [-0.4, -0.2) is 23.7 Å². The lowest BCUT2D eigenvalue weighted by atomic mass is 10.2. The van der Waals surface area contributed by atoms with E-state index in [4.69, 9.17) is 22.1 Å². The maximum Gasteiger partial charge on any atom is 0.143 e. The molecule has 0 amide bonds. The Morgan fingerprint density at radius 3 is 2.94 bits per heavy atom. The Morgan fingerprint density at radius 1 is 1.56 bits per heavy atom. The van der Waals surface area contributed by atoms with Crippen molar-refractivity contribution in [1.29, 1.82) is 0 Å². The van der Waals surface area contributed by atoms with Crippen molar-refractivity contribution in [1.82, 2.24) is 4.98 Å². The van der Waals surface area contributed by atoms with Crippen molar-refractivity contribution < 1.29 is 9.84 Å². The lowest BCUT2D eigenvalue weighted by Gasteiger charge is -2.04. The quantitative estimate of drug-likeness (QED) is 0.766. The van der Waals surface area contributed by atoms with E-state index >= 15 is 0 Å². The summed E-state index contributed by atoms with van der Waals surface area (Å²) in [7, 11) is 1.59. The van der Waals surface area contributed by atoms with Gasteiger partial charge < -0.3 is 20.6 Å². The van der Waals surface area contributed by atoms with E-state index in [-0.39, 0.29) is 6.54 Å². The average Bonchev–Trinajstić information content (AvgIpc) is 2.74. The monoisotopic (exact) mass is 240 g/mol. The number of H-pyrrole nitrogens is 1. The topological polar surface area (TPSA) is 71.3 Å². The van der Waals surface area contributed by atoms with E-state index in [0.29, 0.717) is 16.5 Å². The zero-order valence-electron chi connectivity index (χ0n) is 8.83. The molecule has 16 heavy (non-hydrogen) atoms. The highest BCUT2D eigenvalue weighted by Gasteiger charge is 2.13. The van der Waals surface area contributed by atoms with Gasteiger partial charge in [0.2, 0.25) is 0 Å². The summed E-state index contributed by atoms with van der Waals surface area (Å²) >= 11 is 6.06. The van der Waals surface area contributed by atoms with Gasteiger partial charge in [-0.2, -0.15) is 0 Å². The summed E-state index contributed by atoms with van der Waals surface area (Å²) in [5.41, 5.74) is 6.82. The number of hydrogen-bond acceptors (Lipinski definition) is 3. The molecule has 0 aliphatic rings. The molecule has 0 spiro atoms. The molecular weight excluding hydrogens is 228 g/mol. The number of nitrogens with one attached hydrogen (secondary N) is 1. The van der Waals surface area contributed by atoms with Gasteiger partial charge in [-0.15, -0.1) is 0 Å². The molecule has 1 heterocycles. The molecule has 86 valence electrons. The summed E-state index contributed by atoms with van der Waals surface area (Å²) in [6.07, 6.45) is -0.715. The Hall–Kier alpha value is -1.23. The molecular formula is C11H13ClN2O2. The van der Waals surface area contributed by atoms with Gasteiger partial charge in [-0.3, -0.25) is 0 Å². The number of halogens is 1. The van der Waals surface area contributed by atoms with E-state index in [1.165, 1.54) is 0 Å². The van der Waals surface area contributed by atoms with Crippen molar-refractivity contribution in [3.05, 3.63) is 28.9 Å². The van der Waals surface area contributed by atoms with Crippen LogP contribution < -0.4 is 10.5 Å². The van der Waals surface area contributed by atoms with Crippen LogP contribution in [0.25, 0.3) is 10.9 Å². The molecule has 1 atom stereocenters. The summed E-state index contributed by atoms with van der Waals surface area (Å²) in [5.74, 6) is 0.690. The minimum atomic E-state index is -0.715. The molecule has 2 aromatic rings. The third-order valence-electron chi connectivity index (χ3n) is 2.53. The number of nitrogens with two attached hydrogens (primary N) is 1. The van der Waals surface area contributed by atoms with Crippen LogP contribution in [0.4, 0.5) is 0 Å². The third kappa shape index (κ3) is 1.75. The molecule has 4 nitrogen and oxygen atoms in total. The molecule has 1 unspecified atom stereocenters. The number of aliphatic hydroxyl groups is 1. The van der Waals surface area contributed by atoms with Gasteiger partial charge in [-0.1, -0.05) is 11.6 Å². The van der Waals surface area contributed by atoms with Crippen molar-refractivity contribution in [2.24, 2.45) is 5.73 Å². The van der Waals surface area contributed by atoms with Gasteiger partial charge >= 0.3 is 0 Å². The SMILES string of the molecule is COc1ccc(Cl)c2cc(C(O)CN)[nH]c12. The van der Waals surface area contributed by atoms with Gasteiger partial charge in [0, 0.05) is 17.6 Å². The smallest absolute Gasteiger partial charge is 0.143 e. The first kappa shape index (κ1) is 11.3. The summed E-state index contributed by atoms with van der Waals surface area (Å²) in [4.78, 5) is 3.07. The van der Waals surface area contributed by atoms with Gasteiger partial charge in [-0.05, 0) is 18.2 Å². The minimum absolute atomic E-state index is 0.159. The number of aliphatic hydroxyl groups excluding tert-OH is 1. The first-order valence-corrected chi connectivity index (χ1v) is 5.28. The lowest BCUT2D eigenvalue weighted by molar-refractivity contribution is 0.183. The second kappa shape index (κ2) is 4.33. The maximum absolute atomic E-state index is 9.64. The summed E-state index contributed by atoms with van der Waals surface area (Å²) < 4.78 is 5.21. The molecule has 0 aliphatic heterocycles. The molecule has 2 rings (SSSR count). The van der Waals surface area contributed by atoms with Crippen molar-refractivity contribution in [3.63, 3.8) is 0 Å². The van der Waals surface area contributed by atoms with Crippen LogP contribution in [0.15, 0.2) is 18.2 Å². The van der Waals surface area contributed by atoms with E-state index in [2.05, 4.69) is 4.98 Å². The van der Waals surface area contributed by atoms with E-state index in [1.54, 1.807) is 25.3 Å². The fraction of sp³-hybridized carbons (Fsp3) is 0.273. The summed E-state index contributed by atoms with van der Waals surface area (Å²) in [6, 6.07) is 5.33. The fourth-order valence-electron chi connectivity index (χ4n) is 1.66. The van der Waals surface area contributed by atoms with Gasteiger partial charge in [0.05, 0.1) is 17.6 Å². The number of hydrogen-bond donors (Lipinski definition) is 3. The van der Waals surface area contributed by atoms with Crippen LogP contribution in [-0.2, 0) is 0 Å². The largest absolute Gasteiger partial charge is 0.495 e. The number of ether oxygens (including phenoxy) is 1. The highest BCUT2D eigenvalue weighted by molar-refractivity contribution is 6.35. The van der Waals surface area contributed by atoms with Crippen molar-refractivity contribution in [2.75, 3.05) is 13.7 Å². The Bertz CT molecular complexity index is 510. The highest BCUT2D eigenvalue weighted by Crippen LogP contribution is 2.32. The van der Waals surface area contributed by atoms with Gasteiger partial charge in [0.1, 0.15) is 11.9 Å². The van der Waals surface area contributed by atoms with Crippen LogP contribution in [0.3, 0.4) is 0 Å². The van der Waals surface area contributed by atoms with Crippen LogP contribution in [0, 0.1) is 0 Å². The third-order valence-corrected chi connectivity index (χ3v) is 2.86. The predicted octanol–water partition coefficient (Wildman–Crippen LogP) is 1.82. The molecule has 0 saturated carbocycles. The second-order valence-electron chi connectivity index (χ2n) is 3.51. The molecule has 4 N–H and O–H groups in total. The van der Waals surface area contributed by atoms with Crippen molar-refractivity contribution >= 4 is 22.5 Å². The van der Waals surface area contributed by atoms with Gasteiger partial charge in [0.25, 0.3) is 0 Å². The fourth-order valence-corrected chi connectivity index (χ4v) is 1.87. The zero-order valence-corrected chi connectivity index (χ0v) is 9.58. The first-order chi connectivity index (χ1) is 7.67. The molecule has 0 bridgehead atoms. The Kier molecular flexibility index (Phi) is 3.05. The normalized spacial score (nSPS) is 13.0. The first-order valence-electron chi connectivity index (χ1n) is 4.90. The number of aromatic amines is 1. The number of rotatable bonds is 3. The Balaban J connectivity index is 2.63. The van der Waals surface area contributed by atoms with Crippen molar-refractivity contribution in [3.8, 4) is 5.75 Å². The highest BCUT2D eigenvalue weighted by atomic mass is 35.5. The minimum Gasteiger partial charge on any atom is -0.495 e. The van der Waals surface area contributed by atoms with Crippen LogP contribution in [0.2, 0.25) is 5.02 Å². The lowest BCUT2D eigenvalue weighted by Crippen LogP contribution is -2.11. The van der Waals surface area contributed by atoms with E-state index in [1.807, 2.05) is 0 Å². The zero-order chi connectivity index (χ0) is 11.7. The van der Waals surface area contributed by atoms with Gasteiger partial charge in [0.15, 0.2) is 0 Å². The Labute approximate surface area is 98.0 Å². The summed E-state index contributed by atoms with van der Waals surface area (Å²) in [5, 5.41) is 11.1. The van der Waals surface area contributed by atoms with E-state index in [0.717, 1.165) is 10.9 Å². The molecule has 1 aromatic heterocycles. The van der Waals surface area contributed by atoms with Crippen LogP contribution >= 0.6 is 11.6 Å². The Morgan fingerprint density at radius 2 is 2.31 bits per heavy atom.